The number of ether oxygens (including phenoxy) is 3. The van der Waals surface area contributed by atoms with Crippen molar-refractivity contribution in [3.63, 3.8) is 0 Å². The van der Waals surface area contributed by atoms with Crippen LogP contribution in [-0.2, 0) is 6.54 Å². The van der Waals surface area contributed by atoms with E-state index in [4.69, 9.17) is 19.9 Å². The molecule has 1 amide bonds. The van der Waals surface area contributed by atoms with Crippen molar-refractivity contribution in [2.45, 2.75) is 6.54 Å². The zero-order valence-electron chi connectivity index (χ0n) is 18.6. The molecule has 2 aliphatic heterocycles. The Labute approximate surface area is 200 Å². The predicted molar refractivity (Wildman–Crippen MR) is 124 cm³/mol. The van der Waals surface area contributed by atoms with Crippen LogP contribution in [0.5, 0.6) is 23.1 Å². The number of amides is 1. The molecule has 2 aromatic carbocycles. The Bertz CT molecular complexity index is 1280. The van der Waals surface area contributed by atoms with Crippen LogP contribution in [-0.4, -0.2) is 58.7 Å². The van der Waals surface area contributed by atoms with Gasteiger partial charge in [-0.05, 0) is 35.9 Å². The molecule has 0 saturated carbocycles. The van der Waals surface area contributed by atoms with E-state index in [0.717, 1.165) is 23.6 Å². The van der Waals surface area contributed by atoms with E-state index in [1.807, 2.05) is 23.1 Å². The molecule has 12 nitrogen and oxygen atoms in total. The van der Waals surface area contributed by atoms with E-state index >= 15 is 0 Å². The SMILES string of the molecule is NC(=O)c1cccc(Oc2ncnc(N3CCN(Cc4ccc5c(c4)OCO5)CC3)c2[N+](=O)[O-])c1. The normalized spacial score (nSPS) is 15.1. The Morgan fingerprint density at radius 3 is 2.66 bits per heavy atom. The third-order valence-corrected chi connectivity index (χ3v) is 5.80. The number of fused-ring (bicyclic) bond motifs is 1. The lowest BCUT2D eigenvalue weighted by Crippen LogP contribution is -2.46. The highest BCUT2D eigenvalue weighted by Crippen LogP contribution is 2.37. The number of anilines is 1. The maximum Gasteiger partial charge on any atom is 0.373 e. The van der Waals surface area contributed by atoms with Gasteiger partial charge in [0.15, 0.2) is 11.5 Å². The highest BCUT2D eigenvalue weighted by Gasteiger charge is 2.31. The van der Waals surface area contributed by atoms with Crippen LogP contribution in [0.25, 0.3) is 0 Å². The number of piperazine rings is 1. The summed E-state index contributed by atoms with van der Waals surface area (Å²) in [4.78, 5) is 35.1. The Morgan fingerprint density at radius 1 is 1.09 bits per heavy atom. The van der Waals surface area contributed by atoms with Gasteiger partial charge in [0.1, 0.15) is 12.1 Å². The van der Waals surface area contributed by atoms with Gasteiger partial charge in [0.2, 0.25) is 18.5 Å². The summed E-state index contributed by atoms with van der Waals surface area (Å²) in [5.74, 6) is 1.05. The molecule has 2 N–H and O–H groups in total. The van der Waals surface area contributed by atoms with Crippen LogP contribution in [0, 0.1) is 10.1 Å². The van der Waals surface area contributed by atoms with Crippen molar-refractivity contribution in [2.24, 2.45) is 5.73 Å². The molecule has 12 heteroatoms. The average Bonchev–Trinajstić information content (AvgIpc) is 3.32. The molecular formula is C23H22N6O6. The van der Waals surface area contributed by atoms with Crippen LogP contribution in [0.15, 0.2) is 48.8 Å². The minimum atomic E-state index is -0.632. The summed E-state index contributed by atoms with van der Waals surface area (Å²) >= 11 is 0. The second-order valence-corrected chi connectivity index (χ2v) is 8.05. The molecule has 3 aromatic rings. The van der Waals surface area contributed by atoms with Crippen molar-refractivity contribution in [1.82, 2.24) is 14.9 Å². The number of aromatic nitrogens is 2. The number of nitrogens with two attached hydrogens (primary N) is 1. The molecule has 1 saturated heterocycles. The van der Waals surface area contributed by atoms with Crippen LogP contribution in [0.1, 0.15) is 15.9 Å². The highest BCUT2D eigenvalue weighted by atomic mass is 16.7. The summed E-state index contributed by atoms with van der Waals surface area (Å²) in [7, 11) is 0. The molecule has 0 spiro atoms. The fourth-order valence-electron chi connectivity index (χ4n) is 4.06. The average molecular weight is 478 g/mol. The fourth-order valence-corrected chi connectivity index (χ4v) is 4.06. The maximum atomic E-state index is 12.0. The molecule has 0 unspecified atom stereocenters. The van der Waals surface area contributed by atoms with Crippen LogP contribution in [0.2, 0.25) is 0 Å². The predicted octanol–water partition coefficient (Wildman–Crippen LogP) is 2.33. The largest absolute Gasteiger partial charge is 0.454 e. The van der Waals surface area contributed by atoms with E-state index in [0.29, 0.717) is 26.2 Å². The Kier molecular flexibility index (Phi) is 6.02. The summed E-state index contributed by atoms with van der Waals surface area (Å²) in [6.07, 6.45) is 1.23. The topological polar surface area (TPSA) is 146 Å². The smallest absolute Gasteiger partial charge is 0.373 e. The lowest BCUT2D eigenvalue weighted by Gasteiger charge is -2.35. The van der Waals surface area contributed by atoms with Gasteiger partial charge in [0.05, 0.1) is 4.92 Å². The Hall–Kier alpha value is -4.45. The molecule has 1 fully saturated rings. The lowest BCUT2D eigenvalue weighted by atomic mass is 10.1. The summed E-state index contributed by atoms with van der Waals surface area (Å²) in [6.45, 7) is 3.41. The van der Waals surface area contributed by atoms with Gasteiger partial charge in [-0.15, -0.1) is 0 Å². The molecule has 3 heterocycles. The first kappa shape index (κ1) is 22.3. The Morgan fingerprint density at radius 2 is 1.89 bits per heavy atom. The molecular weight excluding hydrogens is 456 g/mol. The number of carbonyl (C=O) groups excluding carboxylic acids is 1. The summed E-state index contributed by atoms with van der Waals surface area (Å²) in [6, 6.07) is 11.9. The lowest BCUT2D eigenvalue weighted by molar-refractivity contribution is -0.385. The van der Waals surface area contributed by atoms with Gasteiger partial charge in [-0.1, -0.05) is 12.1 Å². The zero-order valence-corrected chi connectivity index (χ0v) is 18.6. The molecule has 5 rings (SSSR count). The van der Waals surface area contributed by atoms with Crippen LogP contribution in [0.4, 0.5) is 11.5 Å². The molecule has 0 aliphatic carbocycles. The number of nitrogens with zero attached hydrogens (tertiary/aromatic N) is 5. The number of benzene rings is 2. The van der Waals surface area contributed by atoms with Gasteiger partial charge in [0, 0.05) is 38.3 Å². The first-order valence-corrected chi connectivity index (χ1v) is 10.9. The molecule has 0 atom stereocenters. The number of hydrogen-bond donors (Lipinski definition) is 1. The number of primary amides is 1. The van der Waals surface area contributed by atoms with E-state index in [1.165, 1.54) is 18.5 Å². The zero-order chi connectivity index (χ0) is 24.4. The second-order valence-electron chi connectivity index (χ2n) is 8.05. The van der Waals surface area contributed by atoms with E-state index in [2.05, 4.69) is 14.9 Å². The minimum absolute atomic E-state index is 0.189. The summed E-state index contributed by atoms with van der Waals surface area (Å²) in [5, 5.41) is 12.0. The first-order valence-electron chi connectivity index (χ1n) is 10.9. The third kappa shape index (κ3) is 4.77. The van der Waals surface area contributed by atoms with Crippen LogP contribution < -0.4 is 24.8 Å². The van der Waals surface area contributed by atoms with Gasteiger partial charge >= 0.3 is 11.6 Å². The standard InChI is InChI=1S/C23H22N6O6/c24-21(30)16-2-1-3-17(11-16)35-23-20(29(31)32)22(25-13-26-23)28-8-6-27(7-9-28)12-15-4-5-18-19(10-15)34-14-33-18/h1-5,10-11,13H,6-9,12,14H2,(H2,24,30). The van der Waals surface area contributed by atoms with E-state index in [9.17, 15) is 14.9 Å². The van der Waals surface area contributed by atoms with Gasteiger partial charge in [-0.3, -0.25) is 19.8 Å². The molecule has 0 radical (unpaired) electrons. The molecule has 0 bridgehead atoms. The van der Waals surface area contributed by atoms with Gasteiger partial charge in [-0.2, -0.15) is 4.98 Å². The van der Waals surface area contributed by atoms with Crippen molar-refractivity contribution in [3.05, 3.63) is 70.0 Å². The molecule has 2 aliphatic rings. The van der Waals surface area contributed by atoms with E-state index in [1.54, 1.807) is 12.1 Å². The van der Waals surface area contributed by atoms with Crippen LogP contribution >= 0.6 is 0 Å². The van der Waals surface area contributed by atoms with Crippen molar-refractivity contribution in [1.29, 1.82) is 0 Å². The van der Waals surface area contributed by atoms with E-state index in [-0.39, 0.29) is 35.5 Å². The monoisotopic (exact) mass is 478 g/mol. The first-order chi connectivity index (χ1) is 17.0. The van der Waals surface area contributed by atoms with Crippen molar-refractivity contribution >= 4 is 17.4 Å². The van der Waals surface area contributed by atoms with Gasteiger partial charge in [-0.25, -0.2) is 4.98 Å². The minimum Gasteiger partial charge on any atom is -0.454 e. The number of carbonyl (C=O) groups is 1. The fraction of sp³-hybridized carbons (Fsp3) is 0.261. The number of nitro groups is 1. The van der Waals surface area contributed by atoms with Gasteiger partial charge in [0.25, 0.3) is 0 Å². The summed E-state index contributed by atoms with van der Waals surface area (Å²) < 4.78 is 16.5. The van der Waals surface area contributed by atoms with Crippen molar-refractivity contribution < 1.29 is 23.9 Å². The maximum absolute atomic E-state index is 12.0. The number of rotatable bonds is 7. The van der Waals surface area contributed by atoms with E-state index < -0.39 is 10.8 Å². The quantitative estimate of drug-likeness (QED) is 0.396. The van der Waals surface area contributed by atoms with Crippen LogP contribution in [0.3, 0.4) is 0 Å². The number of hydrogen-bond acceptors (Lipinski definition) is 10. The highest BCUT2D eigenvalue weighted by molar-refractivity contribution is 5.93. The van der Waals surface area contributed by atoms with Crippen molar-refractivity contribution in [3.8, 4) is 23.1 Å². The van der Waals surface area contributed by atoms with Gasteiger partial charge < -0.3 is 24.8 Å². The summed E-state index contributed by atoms with van der Waals surface area (Å²) in [5.41, 5.74) is 6.30. The van der Waals surface area contributed by atoms with Crippen molar-refractivity contribution in [2.75, 3.05) is 37.9 Å². The molecule has 35 heavy (non-hydrogen) atoms. The Balaban J connectivity index is 1.30. The third-order valence-electron chi connectivity index (χ3n) is 5.80. The molecule has 1 aromatic heterocycles. The molecule has 180 valence electrons. The second kappa shape index (κ2) is 9.43.